The van der Waals surface area contributed by atoms with E-state index in [1.165, 1.54) is 5.56 Å². The second-order valence-corrected chi connectivity index (χ2v) is 6.69. The predicted molar refractivity (Wildman–Crippen MR) is 96.0 cm³/mol. The summed E-state index contributed by atoms with van der Waals surface area (Å²) < 4.78 is 5.68. The van der Waals surface area contributed by atoms with Crippen LogP contribution in [0.2, 0.25) is 0 Å². The van der Waals surface area contributed by atoms with Crippen LogP contribution in [-0.4, -0.2) is 24.0 Å². The maximum absolute atomic E-state index is 12.4. The van der Waals surface area contributed by atoms with Crippen LogP contribution in [0.3, 0.4) is 0 Å². The Morgan fingerprint density at radius 3 is 2.83 bits per heavy atom. The molecule has 1 amide bonds. The molecule has 0 unspecified atom stereocenters. The van der Waals surface area contributed by atoms with Crippen molar-refractivity contribution in [3.63, 3.8) is 0 Å². The number of benzene rings is 1. The summed E-state index contributed by atoms with van der Waals surface area (Å²) in [7, 11) is 0. The first-order chi connectivity index (χ1) is 11.1. The molecule has 3 nitrogen and oxygen atoms in total. The van der Waals surface area contributed by atoms with Gasteiger partial charge in [0.05, 0.1) is 6.54 Å². The summed E-state index contributed by atoms with van der Waals surface area (Å²) in [5.41, 5.74) is 1.21. The van der Waals surface area contributed by atoms with Gasteiger partial charge >= 0.3 is 0 Å². The van der Waals surface area contributed by atoms with Gasteiger partial charge in [0, 0.05) is 11.4 Å². The highest BCUT2D eigenvalue weighted by atomic mass is 32.1. The second kappa shape index (κ2) is 8.53. The first kappa shape index (κ1) is 17.3. The Morgan fingerprint density at radius 2 is 2.17 bits per heavy atom. The SMILES string of the molecule is C=CCN(Cc1cccs1)C(=O)COc1cccc(C(C)C)c1. The molecule has 4 heteroatoms. The van der Waals surface area contributed by atoms with Crippen LogP contribution in [0.1, 0.15) is 30.2 Å². The van der Waals surface area contributed by atoms with E-state index < -0.39 is 0 Å². The summed E-state index contributed by atoms with van der Waals surface area (Å²) in [5, 5.41) is 2.01. The third-order valence-corrected chi connectivity index (χ3v) is 4.38. The van der Waals surface area contributed by atoms with Gasteiger partial charge in [0.25, 0.3) is 5.91 Å². The number of hydrogen-bond donors (Lipinski definition) is 0. The molecule has 0 radical (unpaired) electrons. The Kier molecular flexibility index (Phi) is 6.41. The van der Waals surface area contributed by atoms with Gasteiger partial charge in [-0.15, -0.1) is 17.9 Å². The van der Waals surface area contributed by atoms with Crippen LogP contribution in [0, 0.1) is 0 Å². The summed E-state index contributed by atoms with van der Waals surface area (Å²) in [6.45, 7) is 9.16. The zero-order valence-corrected chi connectivity index (χ0v) is 14.5. The molecule has 0 atom stereocenters. The van der Waals surface area contributed by atoms with E-state index in [2.05, 4.69) is 26.5 Å². The molecule has 1 aromatic carbocycles. The molecule has 1 aromatic heterocycles. The fraction of sp³-hybridized carbons (Fsp3) is 0.316. The third kappa shape index (κ3) is 5.25. The summed E-state index contributed by atoms with van der Waals surface area (Å²) in [6, 6.07) is 11.9. The van der Waals surface area contributed by atoms with E-state index in [9.17, 15) is 4.79 Å². The Bertz CT molecular complexity index is 635. The minimum atomic E-state index is -0.0340. The van der Waals surface area contributed by atoms with Crippen LogP contribution < -0.4 is 4.74 Å². The molecule has 0 saturated heterocycles. The molecular weight excluding hydrogens is 306 g/mol. The van der Waals surface area contributed by atoms with Gasteiger partial charge in [-0.05, 0) is 35.1 Å². The average Bonchev–Trinajstić information content (AvgIpc) is 3.05. The van der Waals surface area contributed by atoms with Crippen molar-refractivity contribution in [2.24, 2.45) is 0 Å². The Balaban J connectivity index is 1.95. The molecule has 2 rings (SSSR count). The van der Waals surface area contributed by atoms with Gasteiger partial charge in [0.1, 0.15) is 5.75 Å². The van der Waals surface area contributed by atoms with Gasteiger partial charge in [-0.1, -0.05) is 38.1 Å². The fourth-order valence-electron chi connectivity index (χ4n) is 2.20. The molecule has 2 aromatic rings. The van der Waals surface area contributed by atoms with E-state index in [4.69, 9.17) is 4.74 Å². The maximum Gasteiger partial charge on any atom is 0.261 e. The molecule has 0 spiro atoms. The number of carbonyl (C=O) groups is 1. The molecular formula is C19H23NO2S. The maximum atomic E-state index is 12.4. The summed E-state index contributed by atoms with van der Waals surface area (Å²) in [4.78, 5) is 15.3. The fourth-order valence-corrected chi connectivity index (χ4v) is 2.92. The van der Waals surface area contributed by atoms with E-state index >= 15 is 0 Å². The van der Waals surface area contributed by atoms with Gasteiger partial charge in [-0.25, -0.2) is 0 Å². The number of amides is 1. The van der Waals surface area contributed by atoms with Gasteiger partial charge in [0.2, 0.25) is 0 Å². The number of thiophene rings is 1. The number of ether oxygens (including phenoxy) is 1. The van der Waals surface area contributed by atoms with Crippen molar-refractivity contribution in [2.45, 2.75) is 26.3 Å². The van der Waals surface area contributed by atoms with E-state index in [1.807, 2.05) is 35.7 Å². The van der Waals surface area contributed by atoms with Gasteiger partial charge in [0.15, 0.2) is 6.61 Å². The van der Waals surface area contributed by atoms with Crippen LogP contribution in [-0.2, 0) is 11.3 Å². The number of rotatable bonds is 8. The van der Waals surface area contributed by atoms with Crippen molar-refractivity contribution in [2.75, 3.05) is 13.2 Å². The van der Waals surface area contributed by atoms with Crippen molar-refractivity contribution in [3.05, 3.63) is 64.9 Å². The molecule has 0 aliphatic rings. The molecule has 122 valence electrons. The van der Waals surface area contributed by atoms with Crippen molar-refractivity contribution in [1.82, 2.24) is 4.90 Å². The quantitative estimate of drug-likeness (QED) is 0.669. The van der Waals surface area contributed by atoms with E-state index in [0.29, 0.717) is 19.0 Å². The van der Waals surface area contributed by atoms with Gasteiger partial charge in [-0.2, -0.15) is 0 Å². The first-order valence-electron chi connectivity index (χ1n) is 7.74. The van der Waals surface area contributed by atoms with E-state index in [0.717, 1.165) is 10.6 Å². The second-order valence-electron chi connectivity index (χ2n) is 5.66. The Labute approximate surface area is 142 Å². The van der Waals surface area contributed by atoms with Crippen molar-refractivity contribution < 1.29 is 9.53 Å². The van der Waals surface area contributed by atoms with Crippen LogP contribution in [0.4, 0.5) is 0 Å². The Hall–Kier alpha value is -2.07. The zero-order chi connectivity index (χ0) is 16.7. The van der Waals surface area contributed by atoms with Crippen molar-refractivity contribution >= 4 is 17.2 Å². The molecule has 23 heavy (non-hydrogen) atoms. The van der Waals surface area contributed by atoms with E-state index in [1.54, 1.807) is 22.3 Å². The first-order valence-corrected chi connectivity index (χ1v) is 8.62. The highest BCUT2D eigenvalue weighted by Crippen LogP contribution is 2.20. The minimum absolute atomic E-state index is 0.0340. The van der Waals surface area contributed by atoms with Gasteiger partial charge < -0.3 is 9.64 Å². The Morgan fingerprint density at radius 1 is 1.35 bits per heavy atom. The largest absolute Gasteiger partial charge is 0.484 e. The summed E-state index contributed by atoms with van der Waals surface area (Å²) in [5.74, 6) is 1.14. The minimum Gasteiger partial charge on any atom is -0.484 e. The highest BCUT2D eigenvalue weighted by molar-refractivity contribution is 7.09. The molecule has 1 heterocycles. The molecule has 0 aliphatic carbocycles. The summed E-state index contributed by atoms with van der Waals surface area (Å²) >= 11 is 1.65. The lowest BCUT2D eigenvalue weighted by Crippen LogP contribution is -2.34. The topological polar surface area (TPSA) is 29.5 Å². The monoisotopic (exact) mass is 329 g/mol. The molecule has 0 aliphatic heterocycles. The van der Waals surface area contributed by atoms with Crippen molar-refractivity contribution in [3.8, 4) is 5.75 Å². The normalized spacial score (nSPS) is 10.6. The van der Waals surface area contributed by atoms with Crippen LogP contribution in [0.25, 0.3) is 0 Å². The van der Waals surface area contributed by atoms with E-state index in [-0.39, 0.29) is 12.5 Å². The number of carbonyl (C=O) groups excluding carboxylic acids is 1. The van der Waals surface area contributed by atoms with Crippen LogP contribution in [0.5, 0.6) is 5.75 Å². The molecule has 0 N–H and O–H groups in total. The lowest BCUT2D eigenvalue weighted by Gasteiger charge is -2.20. The predicted octanol–water partition coefficient (Wildman–Crippen LogP) is 4.47. The lowest BCUT2D eigenvalue weighted by molar-refractivity contribution is -0.133. The molecule has 0 fully saturated rings. The lowest BCUT2D eigenvalue weighted by atomic mass is 10.0. The standard InChI is InChI=1S/C19H23NO2S/c1-4-10-20(13-18-9-6-11-23-18)19(21)14-22-17-8-5-7-16(12-17)15(2)3/h4-9,11-12,15H,1,10,13-14H2,2-3H3. The smallest absolute Gasteiger partial charge is 0.261 e. The van der Waals surface area contributed by atoms with Crippen LogP contribution in [0.15, 0.2) is 54.4 Å². The highest BCUT2D eigenvalue weighted by Gasteiger charge is 2.14. The van der Waals surface area contributed by atoms with Crippen molar-refractivity contribution in [1.29, 1.82) is 0 Å². The third-order valence-electron chi connectivity index (χ3n) is 3.52. The number of nitrogens with zero attached hydrogens (tertiary/aromatic N) is 1. The van der Waals surface area contributed by atoms with Crippen LogP contribution >= 0.6 is 11.3 Å². The zero-order valence-electron chi connectivity index (χ0n) is 13.7. The van der Waals surface area contributed by atoms with Gasteiger partial charge in [-0.3, -0.25) is 4.79 Å². The average molecular weight is 329 g/mol. The molecule has 0 bridgehead atoms. The number of hydrogen-bond acceptors (Lipinski definition) is 3. The molecule has 0 saturated carbocycles. The summed E-state index contributed by atoms with van der Waals surface area (Å²) in [6.07, 6.45) is 1.74.